The summed E-state index contributed by atoms with van der Waals surface area (Å²) in [6.07, 6.45) is 7.93. The van der Waals surface area contributed by atoms with Crippen LogP contribution in [0.5, 0.6) is 0 Å². The van der Waals surface area contributed by atoms with E-state index in [1.54, 1.807) is 0 Å². The number of hydrogen-bond donors (Lipinski definition) is 1. The van der Waals surface area contributed by atoms with Gasteiger partial charge in [-0.3, -0.25) is 0 Å². The Morgan fingerprint density at radius 3 is 2.05 bits per heavy atom. The molecule has 0 fully saturated rings. The maximum atomic E-state index is 3.55. The summed E-state index contributed by atoms with van der Waals surface area (Å²) >= 11 is 0. The topological polar surface area (TPSA) is 12.0 Å². The Morgan fingerprint density at radius 2 is 1.45 bits per heavy atom. The van der Waals surface area contributed by atoms with E-state index in [0.717, 1.165) is 19.5 Å². The van der Waals surface area contributed by atoms with Crippen LogP contribution in [-0.4, -0.2) is 6.54 Å². The Kier molecular flexibility index (Phi) is 7.91. The molecule has 1 aromatic rings. The molecule has 0 aliphatic heterocycles. The van der Waals surface area contributed by atoms with E-state index in [0.29, 0.717) is 5.41 Å². The van der Waals surface area contributed by atoms with Crippen molar-refractivity contribution in [2.45, 2.75) is 72.8 Å². The third-order valence-electron chi connectivity index (χ3n) is 3.54. The standard InChI is InChI=1S/C19H33N/c1-5-6-7-8-9-14-20-16-18-12-10-17(11-13-18)15-19(2,3)4/h10-13,20H,5-9,14-16H2,1-4H3. The Hall–Kier alpha value is -0.820. The van der Waals surface area contributed by atoms with E-state index in [4.69, 9.17) is 0 Å². The van der Waals surface area contributed by atoms with Crippen LogP contribution in [0.3, 0.4) is 0 Å². The van der Waals surface area contributed by atoms with Gasteiger partial charge in [0.2, 0.25) is 0 Å². The van der Waals surface area contributed by atoms with Gasteiger partial charge in [0.25, 0.3) is 0 Å². The first-order chi connectivity index (χ1) is 9.51. The predicted molar refractivity (Wildman–Crippen MR) is 90.1 cm³/mol. The van der Waals surface area contributed by atoms with Crippen LogP contribution >= 0.6 is 0 Å². The largest absolute Gasteiger partial charge is 0.313 e. The van der Waals surface area contributed by atoms with Gasteiger partial charge in [0, 0.05) is 6.54 Å². The van der Waals surface area contributed by atoms with Crippen molar-refractivity contribution in [3.63, 3.8) is 0 Å². The number of benzene rings is 1. The van der Waals surface area contributed by atoms with Gasteiger partial charge in [-0.05, 0) is 35.9 Å². The first kappa shape index (κ1) is 17.2. The summed E-state index contributed by atoms with van der Waals surface area (Å²) in [7, 11) is 0. The van der Waals surface area contributed by atoms with Gasteiger partial charge in [-0.1, -0.05) is 77.6 Å². The van der Waals surface area contributed by atoms with Crippen LogP contribution in [0, 0.1) is 5.41 Å². The van der Waals surface area contributed by atoms with Gasteiger partial charge >= 0.3 is 0 Å². The molecule has 0 amide bonds. The van der Waals surface area contributed by atoms with Crippen molar-refractivity contribution in [3.05, 3.63) is 35.4 Å². The molecule has 0 saturated heterocycles. The minimum absolute atomic E-state index is 0.373. The van der Waals surface area contributed by atoms with Crippen molar-refractivity contribution in [3.8, 4) is 0 Å². The van der Waals surface area contributed by atoms with Crippen molar-refractivity contribution >= 4 is 0 Å². The summed E-state index contributed by atoms with van der Waals surface area (Å²) in [5.41, 5.74) is 3.22. The van der Waals surface area contributed by atoms with Crippen molar-refractivity contribution in [2.75, 3.05) is 6.54 Å². The third-order valence-corrected chi connectivity index (χ3v) is 3.54. The third kappa shape index (κ3) is 8.37. The fourth-order valence-corrected chi connectivity index (χ4v) is 2.47. The monoisotopic (exact) mass is 275 g/mol. The van der Waals surface area contributed by atoms with Crippen LogP contribution in [0.25, 0.3) is 0 Å². The molecule has 20 heavy (non-hydrogen) atoms. The van der Waals surface area contributed by atoms with E-state index < -0.39 is 0 Å². The maximum absolute atomic E-state index is 3.55. The zero-order valence-corrected chi connectivity index (χ0v) is 14.0. The summed E-state index contributed by atoms with van der Waals surface area (Å²) in [4.78, 5) is 0. The van der Waals surface area contributed by atoms with E-state index in [1.165, 1.54) is 43.2 Å². The van der Waals surface area contributed by atoms with Crippen molar-refractivity contribution < 1.29 is 0 Å². The highest BCUT2D eigenvalue weighted by molar-refractivity contribution is 5.23. The molecule has 0 radical (unpaired) electrons. The molecule has 0 bridgehead atoms. The Balaban J connectivity index is 2.18. The zero-order valence-electron chi connectivity index (χ0n) is 14.0. The predicted octanol–water partition coefficient (Wildman–Crippen LogP) is 5.34. The summed E-state index contributed by atoms with van der Waals surface area (Å²) in [5, 5.41) is 3.55. The van der Waals surface area contributed by atoms with Crippen LogP contribution in [0.4, 0.5) is 0 Å². The molecule has 0 heterocycles. The molecule has 0 spiro atoms. The molecule has 1 aromatic carbocycles. The minimum atomic E-state index is 0.373. The van der Waals surface area contributed by atoms with Crippen LogP contribution in [0.15, 0.2) is 24.3 Å². The second-order valence-electron chi connectivity index (χ2n) is 7.14. The summed E-state index contributed by atoms with van der Waals surface area (Å²) in [5.74, 6) is 0. The van der Waals surface area contributed by atoms with Gasteiger partial charge in [-0.2, -0.15) is 0 Å². The zero-order chi connectivity index (χ0) is 14.8. The summed E-state index contributed by atoms with van der Waals surface area (Å²) < 4.78 is 0. The van der Waals surface area contributed by atoms with Crippen molar-refractivity contribution in [1.29, 1.82) is 0 Å². The molecule has 0 aliphatic rings. The lowest BCUT2D eigenvalue weighted by atomic mass is 9.88. The van der Waals surface area contributed by atoms with Gasteiger partial charge in [0.1, 0.15) is 0 Å². The van der Waals surface area contributed by atoms with E-state index >= 15 is 0 Å². The first-order valence-electron chi connectivity index (χ1n) is 8.30. The molecule has 114 valence electrons. The molecule has 1 rings (SSSR count). The molecular weight excluding hydrogens is 242 g/mol. The number of hydrogen-bond acceptors (Lipinski definition) is 1. The fraction of sp³-hybridized carbons (Fsp3) is 0.684. The molecular formula is C19H33N. The Labute approximate surface area is 126 Å². The van der Waals surface area contributed by atoms with Gasteiger partial charge in [0.05, 0.1) is 0 Å². The van der Waals surface area contributed by atoms with Gasteiger partial charge in [-0.25, -0.2) is 0 Å². The lowest BCUT2D eigenvalue weighted by Gasteiger charge is -2.18. The van der Waals surface area contributed by atoms with E-state index in [1.807, 2.05) is 0 Å². The number of unbranched alkanes of at least 4 members (excludes halogenated alkanes) is 4. The van der Waals surface area contributed by atoms with Crippen molar-refractivity contribution in [1.82, 2.24) is 5.32 Å². The average molecular weight is 275 g/mol. The molecule has 1 nitrogen and oxygen atoms in total. The fourth-order valence-electron chi connectivity index (χ4n) is 2.47. The highest BCUT2D eigenvalue weighted by Gasteiger charge is 2.10. The first-order valence-corrected chi connectivity index (χ1v) is 8.30. The minimum Gasteiger partial charge on any atom is -0.313 e. The Morgan fingerprint density at radius 1 is 0.850 bits per heavy atom. The van der Waals surface area contributed by atoms with Crippen LogP contribution in [0.1, 0.15) is 70.9 Å². The Bertz CT molecular complexity index is 345. The highest BCUT2D eigenvalue weighted by Crippen LogP contribution is 2.20. The lowest BCUT2D eigenvalue weighted by molar-refractivity contribution is 0.411. The molecule has 1 heteroatoms. The van der Waals surface area contributed by atoms with Gasteiger partial charge in [0.15, 0.2) is 0 Å². The molecule has 0 aliphatic carbocycles. The van der Waals surface area contributed by atoms with E-state index in [-0.39, 0.29) is 0 Å². The lowest BCUT2D eigenvalue weighted by Crippen LogP contribution is -2.14. The number of rotatable bonds is 9. The van der Waals surface area contributed by atoms with Crippen LogP contribution in [-0.2, 0) is 13.0 Å². The molecule has 0 unspecified atom stereocenters. The second-order valence-corrected chi connectivity index (χ2v) is 7.14. The van der Waals surface area contributed by atoms with Gasteiger partial charge in [-0.15, -0.1) is 0 Å². The summed E-state index contributed by atoms with van der Waals surface area (Å²) in [6, 6.07) is 9.10. The van der Waals surface area contributed by atoms with E-state index in [2.05, 4.69) is 57.3 Å². The molecule has 1 N–H and O–H groups in total. The average Bonchev–Trinajstić information content (AvgIpc) is 2.38. The molecule has 0 aromatic heterocycles. The molecule has 0 saturated carbocycles. The SMILES string of the molecule is CCCCCCCNCc1ccc(CC(C)(C)C)cc1. The summed E-state index contributed by atoms with van der Waals surface area (Å²) in [6.45, 7) is 11.3. The maximum Gasteiger partial charge on any atom is 0.0205 e. The quantitative estimate of drug-likeness (QED) is 0.600. The van der Waals surface area contributed by atoms with E-state index in [9.17, 15) is 0 Å². The second kappa shape index (κ2) is 9.18. The van der Waals surface area contributed by atoms with Gasteiger partial charge < -0.3 is 5.32 Å². The van der Waals surface area contributed by atoms with Crippen molar-refractivity contribution in [2.24, 2.45) is 5.41 Å². The van der Waals surface area contributed by atoms with Crippen LogP contribution < -0.4 is 5.32 Å². The smallest absolute Gasteiger partial charge is 0.0205 e. The molecule has 0 atom stereocenters. The number of nitrogens with one attached hydrogen (secondary N) is 1. The van der Waals surface area contributed by atoms with Crippen LogP contribution in [0.2, 0.25) is 0 Å². The normalized spacial score (nSPS) is 11.8. The highest BCUT2D eigenvalue weighted by atomic mass is 14.8.